The Morgan fingerprint density at radius 1 is 1.35 bits per heavy atom. The minimum atomic E-state index is -4.45. The van der Waals surface area contributed by atoms with Crippen molar-refractivity contribution in [2.75, 3.05) is 18.4 Å². The number of thiocarbonyl (C=S) groups is 1. The van der Waals surface area contributed by atoms with Gasteiger partial charge < -0.3 is 16.4 Å². The summed E-state index contributed by atoms with van der Waals surface area (Å²) < 4.78 is 37.8. The molecule has 4 N–H and O–H groups in total. The van der Waals surface area contributed by atoms with Crippen molar-refractivity contribution < 1.29 is 18.0 Å². The Balaban J connectivity index is 2.86. The van der Waals surface area contributed by atoms with Crippen LogP contribution < -0.4 is 16.4 Å². The second-order valence-electron chi connectivity index (χ2n) is 4.03. The van der Waals surface area contributed by atoms with Crippen molar-refractivity contribution in [1.82, 2.24) is 5.32 Å². The molecule has 110 valence electrons. The Kier molecular flexibility index (Phi) is 5.32. The number of alkyl halides is 3. The highest BCUT2D eigenvalue weighted by atomic mass is 32.1. The molecule has 8 heteroatoms. The molecule has 1 amide bonds. The zero-order valence-corrected chi connectivity index (χ0v) is 11.5. The van der Waals surface area contributed by atoms with E-state index in [2.05, 4.69) is 10.6 Å². The molecule has 1 rings (SSSR count). The first-order valence-electron chi connectivity index (χ1n) is 5.71. The molecule has 0 bridgehead atoms. The number of anilines is 1. The summed E-state index contributed by atoms with van der Waals surface area (Å²) in [6.07, 6.45) is -4.45. The summed E-state index contributed by atoms with van der Waals surface area (Å²) >= 11 is 4.75. The number of nitrogens with one attached hydrogen (secondary N) is 2. The Bertz CT molecular complexity index is 517. The number of rotatable bonds is 5. The molecule has 0 unspecified atom stereocenters. The molecule has 0 spiro atoms. The van der Waals surface area contributed by atoms with E-state index < -0.39 is 11.7 Å². The van der Waals surface area contributed by atoms with E-state index in [9.17, 15) is 18.0 Å². The highest BCUT2D eigenvalue weighted by molar-refractivity contribution is 7.80. The van der Waals surface area contributed by atoms with Gasteiger partial charge in [0, 0.05) is 31.3 Å². The number of carbonyl (C=O) groups is 1. The number of halogens is 3. The maximum atomic E-state index is 12.6. The Hall–Kier alpha value is -1.83. The van der Waals surface area contributed by atoms with E-state index in [1.807, 2.05) is 0 Å². The van der Waals surface area contributed by atoms with Crippen molar-refractivity contribution >= 4 is 28.8 Å². The molecule has 4 nitrogen and oxygen atoms in total. The van der Waals surface area contributed by atoms with Crippen LogP contribution in [0.25, 0.3) is 0 Å². The van der Waals surface area contributed by atoms with Crippen molar-refractivity contribution in [2.24, 2.45) is 5.73 Å². The molecule has 0 fully saturated rings. The minimum Gasteiger partial charge on any atom is -0.389 e. The topological polar surface area (TPSA) is 67.2 Å². The van der Waals surface area contributed by atoms with Crippen LogP contribution in [0, 0.1) is 0 Å². The number of nitrogens with two attached hydrogens (primary N) is 1. The van der Waals surface area contributed by atoms with Crippen LogP contribution in [-0.4, -0.2) is 24.0 Å². The molecular formula is C12H14F3N3OS. The van der Waals surface area contributed by atoms with E-state index in [-0.39, 0.29) is 16.5 Å². The van der Waals surface area contributed by atoms with Crippen LogP contribution in [0.4, 0.5) is 18.9 Å². The van der Waals surface area contributed by atoms with Gasteiger partial charge in [0.2, 0.25) is 5.91 Å². The standard InChI is InChI=1S/C12H14F3N3OS/c1-7(19)17-4-5-18-10-3-2-8(12(13,14)15)6-9(10)11(16)20/h2-3,6,18H,4-5H2,1H3,(H2,16,20)(H,17,19). The van der Waals surface area contributed by atoms with E-state index >= 15 is 0 Å². The van der Waals surface area contributed by atoms with Crippen LogP contribution in [0.1, 0.15) is 18.1 Å². The molecule has 0 saturated heterocycles. The summed E-state index contributed by atoms with van der Waals surface area (Å²) in [5.41, 5.74) is 5.14. The van der Waals surface area contributed by atoms with Gasteiger partial charge in [-0.2, -0.15) is 13.2 Å². The van der Waals surface area contributed by atoms with Crippen molar-refractivity contribution in [3.05, 3.63) is 29.3 Å². The predicted octanol–water partition coefficient (Wildman–Crippen LogP) is 1.89. The van der Waals surface area contributed by atoms with Crippen LogP contribution >= 0.6 is 12.2 Å². The molecule has 0 aliphatic carbocycles. The van der Waals surface area contributed by atoms with Gasteiger partial charge in [-0.3, -0.25) is 4.79 Å². The third-order valence-corrected chi connectivity index (χ3v) is 2.65. The third kappa shape index (κ3) is 4.69. The largest absolute Gasteiger partial charge is 0.416 e. The molecule has 0 aliphatic rings. The molecule has 0 saturated carbocycles. The maximum Gasteiger partial charge on any atom is 0.416 e. The van der Waals surface area contributed by atoms with Gasteiger partial charge in [-0.15, -0.1) is 0 Å². The number of amides is 1. The monoisotopic (exact) mass is 305 g/mol. The van der Waals surface area contributed by atoms with Gasteiger partial charge in [0.1, 0.15) is 4.99 Å². The predicted molar refractivity (Wildman–Crippen MR) is 74.5 cm³/mol. The van der Waals surface area contributed by atoms with Crippen LogP contribution in [0.3, 0.4) is 0 Å². The quantitative estimate of drug-likeness (QED) is 0.574. The summed E-state index contributed by atoms with van der Waals surface area (Å²) in [5.74, 6) is -0.186. The van der Waals surface area contributed by atoms with E-state index in [1.165, 1.54) is 13.0 Å². The number of hydrogen-bond acceptors (Lipinski definition) is 3. The first-order chi connectivity index (χ1) is 9.21. The second kappa shape index (κ2) is 6.56. The lowest BCUT2D eigenvalue weighted by molar-refractivity contribution is -0.137. The fourth-order valence-electron chi connectivity index (χ4n) is 1.51. The number of carbonyl (C=O) groups excluding carboxylic acids is 1. The maximum absolute atomic E-state index is 12.6. The Morgan fingerprint density at radius 3 is 2.50 bits per heavy atom. The highest BCUT2D eigenvalue weighted by Gasteiger charge is 2.31. The lowest BCUT2D eigenvalue weighted by Gasteiger charge is -2.14. The smallest absolute Gasteiger partial charge is 0.389 e. The first-order valence-corrected chi connectivity index (χ1v) is 6.12. The molecule has 0 aromatic heterocycles. The van der Waals surface area contributed by atoms with Gasteiger partial charge in [0.15, 0.2) is 0 Å². The molecule has 1 aromatic carbocycles. The van der Waals surface area contributed by atoms with Crippen molar-refractivity contribution in [1.29, 1.82) is 0 Å². The molecule has 1 aromatic rings. The second-order valence-corrected chi connectivity index (χ2v) is 4.47. The van der Waals surface area contributed by atoms with Crippen molar-refractivity contribution in [2.45, 2.75) is 13.1 Å². The zero-order chi connectivity index (χ0) is 15.3. The first kappa shape index (κ1) is 16.2. The molecular weight excluding hydrogens is 291 g/mol. The summed E-state index contributed by atoms with van der Waals surface area (Å²) in [7, 11) is 0. The summed E-state index contributed by atoms with van der Waals surface area (Å²) in [6.45, 7) is 2.06. The number of benzene rings is 1. The zero-order valence-electron chi connectivity index (χ0n) is 10.7. The molecule has 0 heterocycles. The summed E-state index contributed by atoms with van der Waals surface area (Å²) in [4.78, 5) is 10.6. The van der Waals surface area contributed by atoms with Gasteiger partial charge in [0.05, 0.1) is 5.56 Å². The molecule has 0 radical (unpaired) electrons. The Morgan fingerprint density at radius 2 is 2.00 bits per heavy atom. The normalized spacial score (nSPS) is 11.0. The SMILES string of the molecule is CC(=O)NCCNc1ccc(C(F)(F)F)cc1C(N)=S. The van der Waals surface area contributed by atoms with Crippen molar-refractivity contribution in [3.63, 3.8) is 0 Å². The fraction of sp³-hybridized carbons (Fsp3) is 0.333. The van der Waals surface area contributed by atoms with Crippen molar-refractivity contribution in [3.8, 4) is 0 Å². The van der Waals surface area contributed by atoms with Gasteiger partial charge in [-0.25, -0.2) is 0 Å². The molecule has 0 atom stereocenters. The minimum absolute atomic E-state index is 0.123. The summed E-state index contributed by atoms with van der Waals surface area (Å²) in [6, 6.07) is 3.12. The lowest BCUT2D eigenvalue weighted by Crippen LogP contribution is -2.27. The Labute approximate surface area is 119 Å². The average Bonchev–Trinajstić information content (AvgIpc) is 2.33. The van der Waals surface area contributed by atoms with E-state index in [4.69, 9.17) is 18.0 Å². The lowest BCUT2D eigenvalue weighted by atomic mass is 10.1. The molecule has 20 heavy (non-hydrogen) atoms. The van der Waals surface area contributed by atoms with Crippen LogP contribution in [0.15, 0.2) is 18.2 Å². The highest BCUT2D eigenvalue weighted by Crippen LogP contribution is 2.31. The van der Waals surface area contributed by atoms with Gasteiger partial charge in [-0.1, -0.05) is 12.2 Å². The molecule has 0 aliphatic heterocycles. The van der Waals surface area contributed by atoms with Gasteiger partial charge in [0.25, 0.3) is 0 Å². The average molecular weight is 305 g/mol. The summed E-state index contributed by atoms with van der Waals surface area (Å²) in [5, 5.41) is 5.43. The number of hydrogen-bond donors (Lipinski definition) is 3. The fourth-order valence-corrected chi connectivity index (χ4v) is 1.68. The van der Waals surface area contributed by atoms with E-state index in [0.717, 1.165) is 12.1 Å². The van der Waals surface area contributed by atoms with Crippen LogP contribution in [-0.2, 0) is 11.0 Å². The van der Waals surface area contributed by atoms with Gasteiger partial charge in [-0.05, 0) is 18.2 Å². The third-order valence-electron chi connectivity index (χ3n) is 2.43. The van der Waals surface area contributed by atoms with Crippen LogP contribution in [0.5, 0.6) is 0 Å². The van der Waals surface area contributed by atoms with E-state index in [1.54, 1.807) is 0 Å². The van der Waals surface area contributed by atoms with E-state index in [0.29, 0.717) is 18.8 Å². The van der Waals surface area contributed by atoms with Crippen LogP contribution in [0.2, 0.25) is 0 Å². The van der Waals surface area contributed by atoms with Gasteiger partial charge >= 0.3 is 6.18 Å².